The van der Waals surface area contributed by atoms with Crippen molar-refractivity contribution in [2.24, 2.45) is 45.3 Å². The molecular formula is C34H50O9. The number of aliphatic hydroxyl groups is 1. The molecule has 1 saturated heterocycles. The lowest BCUT2D eigenvalue weighted by Crippen LogP contribution is -2.56. The average Bonchev–Trinajstić information content (AvgIpc) is 3.55. The van der Waals surface area contributed by atoms with Crippen LogP contribution in [0.3, 0.4) is 0 Å². The molecule has 1 aliphatic heterocycles. The van der Waals surface area contributed by atoms with E-state index in [1.807, 2.05) is 0 Å². The minimum absolute atomic E-state index is 0.0436. The minimum atomic E-state index is -1.29. The normalized spacial score (nSPS) is 45.7. The first-order chi connectivity index (χ1) is 20.2. The molecule has 1 heterocycles. The lowest BCUT2D eigenvalue weighted by Gasteiger charge is -2.59. The molecule has 6 rings (SSSR count). The summed E-state index contributed by atoms with van der Waals surface area (Å²) in [6, 6.07) is 0. The molecule has 43 heavy (non-hydrogen) atoms. The van der Waals surface area contributed by atoms with E-state index in [2.05, 4.69) is 20.8 Å². The summed E-state index contributed by atoms with van der Waals surface area (Å²) in [7, 11) is 0. The number of fused-ring (bicyclic) bond motifs is 4. The van der Waals surface area contributed by atoms with Gasteiger partial charge in [-0.3, -0.25) is 14.4 Å². The number of Topliss-reactive ketones (excluding diaryl/α,β-unsaturated/α-hetero) is 1. The van der Waals surface area contributed by atoms with E-state index < -0.39 is 36.2 Å². The zero-order valence-corrected chi connectivity index (χ0v) is 26.6. The molecule has 2 spiro atoms. The van der Waals surface area contributed by atoms with Crippen LogP contribution in [0.1, 0.15) is 99.3 Å². The number of carbonyl (C=O) groups is 4. The second-order valence-corrected chi connectivity index (χ2v) is 16.1. The maximum atomic E-state index is 14.4. The van der Waals surface area contributed by atoms with Gasteiger partial charge in [0.05, 0.1) is 17.8 Å². The van der Waals surface area contributed by atoms with Gasteiger partial charge >= 0.3 is 5.97 Å². The second kappa shape index (κ2) is 10.4. The van der Waals surface area contributed by atoms with Gasteiger partial charge in [-0.1, -0.05) is 20.8 Å². The van der Waals surface area contributed by atoms with Crippen LogP contribution in [0.25, 0.3) is 0 Å². The molecule has 240 valence electrons. The van der Waals surface area contributed by atoms with E-state index in [0.29, 0.717) is 30.8 Å². The van der Waals surface area contributed by atoms with Gasteiger partial charge in [0.2, 0.25) is 6.29 Å². The fourth-order valence-electron chi connectivity index (χ4n) is 11.7. The first-order valence-corrected chi connectivity index (χ1v) is 16.4. The van der Waals surface area contributed by atoms with Crippen LogP contribution < -0.4 is 0 Å². The Kier molecular flexibility index (Phi) is 7.59. The van der Waals surface area contributed by atoms with E-state index in [1.54, 1.807) is 13.8 Å². The molecule has 0 aromatic heterocycles. The molecule has 12 atom stereocenters. The summed E-state index contributed by atoms with van der Waals surface area (Å²) in [5.74, 6) is 0.598. The van der Waals surface area contributed by atoms with Crippen LogP contribution in [-0.2, 0) is 38.1 Å². The molecule has 12 unspecified atom stereocenters. The number of ether oxygens (including phenoxy) is 4. The van der Waals surface area contributed by atoms with Crippen molar-refractivity contribution in [3.63, 3.8) is 0 Å². The smallest absolute Gasteiger partial charge is 0.303 e. The molecule has 0 aromatic rings. The van der Waals surface area contributed by atoms with Gasteiger partial charge in [-0.2, -0.15) is 0 Å². The van der Waals surface area contributed by atoms with Gasteiger partial charge in [-0.15, -0.1) is 0 Å². The van der Waals surface area contributed by atoms with Crippen LogP contribution in [0.4, 0.5) is 0 Å². The first kappa shape index (κ1) is 31.3. The summed E-state index contributed by atoms with van der Waals surface area (Å²) >= 11 is 0. The Morgan fingerprint density at radius 2 is 1.77 bits per heavy atom. The molecule has 0 amide bonds. The molecule has 1 N–H and O–H groups in total. The van der Waals surface area contributed by atoms with Crippen LogP contribution in [0.2, 0.25) is 0 Å². The summed E-state index contributed by atoms with van der Waals surface area (Å²) in [6.45, 7) is 11.3. The number of ketones is 1. The Bertz CT molecular complexity index is 1160. The van der Waals surface area contributed by atoms with Gasteiger partial charge < -0.3 is 28.8 Å². The summed E-state index contributed by atoms with van der Waals surface area (Å²) in [6.07, 6.45) is 6.83. The second-order valence-electron chi connectivity index (χ2n) is 16.1. The maximum Gasteiger partial charge on any atom is 0.303 e. The number of aldehydes is 2. The molecular weight excluding hydrogens is 552 g/mol. The van der Waals surface area contributed by atoms with Crippen molar-refractivity contribution >= 4 is 24.3 Å². The Morgan fingerprint density at radius 1 is 1.05 bits per heavy atom. The average molecular weight is 603 g/mol. The highest BCUT2D eigenvalue weighted by Crippen LogP contribution is 2.87. The minimum Gasteiger partial charge on any atom is -0.457 e. The molecule has 9 heteroatoms. The van der Waals surface area contributed by atoms with E-state index in [9.17, 15) is 24.3 Å². The highest BCUT2D eigenvalue weighted by atomic mass is 16.7. The fraction of sp³-hybridized carbons (Fsp3) is 0.882. The van der Waals surface area contributed by atoms with Crippen molar-refractivity contribution in [1.82, 2.24) is 0 Å². The lowest BCUT2D eigenvalue weighted by molar-refractivity contribution is -0.216. The van der Waals surface area contributed by atoms with Gasteiger partial charge in [-0.25, -0.2) is 0 Å². The predicted octanol–water partition coefficient (Wildman–Crippen LogP) is 4.20. The lowest BCUT2D eigenvalue weighted by atomic mass is 9.46. The van der Waals surface area contributed by atoms with Crippen molar-refractivity contribution in [3.8, 4) is 0 Å². The molecule has 5 saturated carbocycles. The highest BCUT2D eigenvalue weighted by Gasteiger charge is 2.82. The summed E-state index contributed by atoms with van der Waals surface area (Å²) in [5, 5.41) is 10.8. The third kappa shape index (κ3) is 4.53. The Labute approximate surface area is 255 Å². The zero-order chi connectivity index (χ0) is 31.2. The number of hydrogen-bond donors (Lipinski definition) is 1. The number of esters is 1. The standard InChI is InChI=1S/C34H50O9/c1-19(37)41-29(31(4,5)39)22-9-7-21-28(42-22)27(38)26-20-8-10-23-30(2,3)24(43-25(17-36)40-16-15-35)11-12-34(23)18-33(20,34)14-13-32(21,26)6/h15,17,20-26,28-29,39H,7-14,16,18H2,1-6H3. The third-order valence-electron chi connectivity index (χ3n) is 13.4. The van der Waals surface area contributed by atoms with Gasteiger partial charge in [0, 0.05) is 12.8 Å². The predicted molar refractivity (Wildman–Crippen MR) is 155 cm³/mol. The Hall–Kier alpha value is -1.68. The summed E-state index contributed by atoms with van der Waals surface area (Å²) in [4.78, 5) is 48.7. The maximum absolute atomic E-state index is 14.4. The van der Waals surface area contributed by atoms with E-state index in [0.717, 1.165) is 51.4 Å². The van der Waals surface area contributed by atoms with Crippen LogP contribution in [-0.4, -0.2) is 72.3 Å². The summed E-state index contributed by atoms with van der Waals surface area (Å²) < 4.78 is 23.6. The Morgan fingerprint density at radius 3 is 2.42 bits per heavy atom. The molecule has 0 radical (unpaired) electrons. The van der Waals surface area contributed by atoms with Crippen LogP contribution in [0.15, 0.2) is 0 Å². The first-order valence-electron chi connectivity index (χ1n) is 16.4. The highest BCUT2D eigenvalue weighted by molar-refractivity contribution is 5.90. The van der Waals surface area contributed by atoms with E-state index in [1.165, 1.54) is 6.92 Å². The fourth-order valence-corrected chi connectivity index (χ4v) is 11.7. The van der Waals surface area contributed by atoms with Gasteiger partial charge in [0.15, 0.2) is 18.2 Å². The number of rotatable bonds is 9. The number of hydrogen-bond acceptors (Lipinski definition) is 9. The zero-order valence-electron chi connectivity index (χ0n) is 26.6. The molecule has 5 aliphatic carbocycles. The van der Waals surface area contributed by atoms with Crippen LogP contribution in [0.5, 0.6) is 0 Å². The quantitative estimate of drug-likeness (QED) is 0.235. The molecule has 0 aromatic carbocycles. The van der Waals surface area contributed by atoms with Crippen molar-refractivity contribution in [2.45, 2.75) is 136 Å². The molecule has 6 fully saturated rings. The monoisotopic (exact) mass is 602 g/mol. The third-order valence-corrected chi connectivity index (χ3v) is 13.4. The molecule has 6 aliphatic rings. The van der Waals surface area contributed by atoms with Crippen LogP contribution in [0, 0.1) is 45.3 Å². The topological polar surface area (TPSA) is 125 Å². The van der Waals surface area contributed by atoms with Gasteiger partial charge in [0.1, 0.15) is 19.0 Å². The molecule has 0 bridgehead atoms. The molecule has 9 nitrogen and oxygen atoms in total. The Balaban J connectivity index is 1.22. The van der Waals surface area contributed by atoms with E-state index in [4.69, 9.17) is 18.9 Å². The van der Waals surface area contributed by atoms with E-state index in [-0.39, 0.29) is 52.0 Å². The van der Waals surface area contributed by atoms with Crippen LogP contribution >= 0.6 is 0 Å². The van der Waals surface area contributed by atoms with Gasteiger partial charge in [0.25, 0.3) is 0 Å². The number of carbonyl (C=O) groups excluding carboxylic acids is 4. The summed E-state index contributed by atoms with van der Waals surface area (Å²) in [5.41, 5.74) is -1.25. The van der Waals surface area contributed by atoms with Gasteiger partial charge in [-0.05, 0) is 111 Å². The van der Waals surface area contributed by atoms with Crippen molar-refractivity contribution in [1.29, 1.82) is 0 Å². The van der Waals surface area contributed by atoms with Crippen molar-refractivity contribution < 1.29 is 43.2 Å². The SMILES string of the molecule is CC(=O)OC(C1CCC2C(O1)C(=O)C1C3CCC4C(C)(C)C(OC(C=O)OCC=O)CCC45CC35CCC21C)C(C)(C)O. The van der Waals surface area contributed by atoms with Crippen molar-refractivity contribution in [2.75, 3.05) is 6.61 Å². The van der Waals surface area contributed by atoms with E-state index >= 15 is 0 Å². The largest absolute Gasteiger partial charge is 0.457 e. The van der Waals surface area contributed by atoms with Crippen molar-refractivity contribution in [3.05, 3.63) is 0 Å².